The molecule has 2 aromatic rings. The molecular weight excluding hydrogens is 288 g/mol. The van der Waals surface area contributed by atoms with Crippen molar-refractivity contribution in [1.29, 1.82) is 0 Å². The number of aromatic nitrogens is 1. The molecule has 4 nitrogen and oxygen atoms in total. The van der Waals surface area contributed by atoms with Crippen LogP contribution < -0.4 is 4.87 Å². The predicted molar refractivity (Wildman–Crippen MR) is 70.8 cm³/mol. The Bertz CT molecular complexity index is 693. The lowest BCUT2D eigenvalue weighted by atomic mass is 10.1. The molecule has 0 atom stereocenters. The van der Waals surface area contributed by atoms with E-state index in [2.05, 4.69) is 0 Å². The fraction of sp³-hybridized carbons (Fsp3) is 0.231. The third kappa shape index (κ3) is 3.11. The maximum atomic E-state index is 13.2. The Labute approximate surface area is 116 Å². The summed E-state index contributed by atoms with van der Waals surface area (Å²) >= 11 is 0.939. The molecule has 1 aromatic carbocycles. The van der Waals surface area contributed by atoms with Gasteiger partial charge < -0.3 is 5.11 Å². The number of nitrogens with zero attached hydrogens (tertiary/aromatic N) is 1. The second-order valence-corrected chi connectivity index (χ2v) is 4.99. The summed E-state index contributed by atoms with van der Waals surface area (Å²) in [7, 11) is 0. The lowest BCUT2D eigenvalue weighted by molar-refractivity contribution is -0.137. The summed E-state index contributed by atoms with van der Waals surface area (Å²) in [5.41, 5.74) is 0.849. The van der Waals surface area contributed by atoms with E-state index in [1.165, 1.54) is 10.6 Å². The summed E-state index contributed by atoms with van der Waals surface area (Å²) in [6.45, 7) is 0.225. The van der Waals surface area contributed by atoms with Crippen molar-refractivity contribution in [2.45, 2.75) is 19.4 Å². The van der Waals surface area contributed by atoms with Crippen LogP contribution >= 0.6 is 11.3 Å². The number of rotatable bonds is 5. The zero-order chi connectivity index (χ0) is 14.7. The molecule has 0 saturated heterocycles. The maximum Gasteiger partial charge on any atom is 0.307 e. The van der Waals surface area contributed by atoms with E-state index in [9.17, 15) is 18.4 Å². The van der Waals surface area contributed by atoms with Crippen LogP contribution in [0.25, 0.3) is 11.3 Å². The summed E-state index contributed by atoms with van der Waals surface area (Å²) < 4.78 is 27.5. The van der Waals surface area contributed by atoms with E-state index in [-0.39, 0.29) is 17.8 Å². The van der Waals surface area contributed by atoms with Gasteiger partial charge in [0, 0.05) is 23.9 Å². The van der Waals surface area contributed by atoms with E-state index in [4.69, 9.17) is 5.11 Å². The third-order valence-electron chi connectivity index (χ3n) is 2.77. The first kappa shape index (κ1) is 14.4. The number of hydrogen-bond acceptors (Lipinski definition) is 3. The number of carbonyl (C=O) groups is 1. The number of benzene rings is 1. The van der Waals surface area contributed by atoms with Gasteiger partial charge in [-0.25, -0.2) is 8.78 Å². The molecule has 0 spiro atoms. The molecule has 1 heterocycles. The van der Waals surface area contributed by atoms with Crippen molar-refractivity contribution in [2.24, 2.45) is 0 Å². The van der Waals surface area contributed by atoms with Crippen LogP contribution in [-0.2, 0) is 11.3 Å². The Morgan fingerprint density at radius 2 is 2.05 bits per heavy atom. The SMILES string of the molecule is O=C(O)CCCn1c(-c2ccc(F)c(F)c2)csc1=O. The average Bonchev–Trinajstić information content (AvgIpc) is 2.74. The van der Waals surface area contributed by atoms with Gasteiger partial charge in [-0.15, -0.1) is 0 Å². The van der Waals surface area contributed by atoms with Gasteiger partial charge in [0.05, 0.1) is 5.69 Å². The van der Waals surface area contributed by atoms with Crippen LogP contribution in [-0.4, -0.2) is 15.6 Å². The molecule has 0 radical (unpaired) electrons. The minimum absolute atomic E-state index is 0.0560. The fourth-order valence-electron chi connectivity index (χ4n) is 1.81. The van der Waals surface area contributed by atoms with Crippen LogP contribution in [0.1, 0.15) is 12.8 Å². The largest absolute Gasteiger partial charge is 0.481 e. The average molecular weight is 299 g/mol. The smallest absolute Gasteiger partial charge is 0.307 e. The first-order valence-corrected chi connectivity index (χ1v) is 6.72. The van der Waals surface area contributed by atoms with E-state index in [0.29, 0.717) is 17.7 Å². The van der Waals surface area contributed by atoms with Gasteiger partial charge in [-0.05, 0) is 24.6 Å². The van der Waals surface area contributed by atoms with E-state index < -0.39 is 17.6 Å². The molecule has 0 aliphatic heterocycles. The highest BCUT2D eigenvalue weighted by molar-refractivity contribution is 7.07. The summed E-state index contributed by atoms with van der Waals surface area (Å²) in [4.78, 5) is 21.9. The lowest BCUT2D eigenvalue weighted by Crippen LogP contribution is -2.15. The standard InChI is InChI=1S/C13H11F2NO3S/c14-9-4-3-8(6-10(9)15)11-7-20-13(19)16(11)5-1-2-12(17)18/h3-4,6-7H,1-2,5H2,(H,17,18). The molecule has 0 bridgehead atoms. The van der Waals surface area contributed by atoms with Crippen molar-refractivity contribution in [3.8, 4) is 11.3 Å². The monoisotopic (exact) mass is 299 g/mol. The predicted octanol–water partition coefficient (Wildman–Crippen LogP) is 2.72. The van der Waals surface area contributed by atoms with Gasteiger partial charge in [-0.2, -0.15) is 0 Å². The molecule has 0 amide bonds. The number of hydrogen-bond donors (Lipinski definition) is 1. The number of carboxylic acid groups (broad SMARTS) is 1. The van der Waals surface area contributed by atoms with Gasteiger partial charge in [0.25, 0.3) is 0 Å². The van der Waals surface area contributed by atoms with Gasteiger partial charge in [-0.3, -0.25) is 14.2 Å². The molecule has 0 fully saturated rings. The van der Waals surface area contributed by atoms with Crippen molar-refractivity contribution in [2.75, 3.05) is 0 Å². The molecule has 7 heteroatoms. The second-order valence-electron chi connectivity index (χ2n) is 4.16. The Kier molecular flexibility index (Phi) is 4.29. The fourth-order valence-corrected chi connectivity index (χ4v) is 2.60. The minimum Gasteiger partial charge on any atom is -0.481 e. The van der Waals surface area contributed by atoms with E-state index in [1.807, 2.05) is 0 Å². The van der Waals surface area contributed by atoms with Gasteiger partial charge in [-0.1, -0.05) is 11.3 Å². The van der Waals surface area contributed by atoms with Crippen LogP contribution in [0.5, 0.6) is 0 Å². The molecule has 0 aliphatic carbocycles. The highest BCUT2D eigenvalue weighted by atomic mass is 32.1. The van der Waals surface area contributed by atoms with E-state index in [1.54, 1.807) is 5.38 Å². The van der Waals surface area contributed by atoms with E-state index in [0.717, 1.165) is 23.5 Å². The van der Waals surface area contributed by atoms with Gasteiger partial charge in [0.1, 0.15) is 0 Å². The van der Waals surface area contributed by atoms with E-state index >= 15 is 0 Å². The highest BCUT2D eigenvalue weighted by Crippen LogP contribution is 2.22. The van der Waals surface area contributed by atoms with Gasteiger partial charge in [0.2, 0.25) is 0 Å². The maximum absolute atomic E-state index is 13.2. The lowest BCUT2D eigenvalue weighted by Gasteiger charge is -2.07. The first-order chi connectivity index (χ1) is 9.49. The molecule has 1 aromatic heterocycles. The Morgan fingerprint density at radius 3 is 2.70 bits per heavy atom. The van der Waals surface area contributed by atoms with Crippen LogP contribution in [0.15, 0.2) is 28.4 Å². The Morgan fingerprint density at radius 1 is 1.30 bits per heavy atom. The third-order valence-corrected chi connectivity index (χ3v) is 3.53. The van der Waals surface area contributed by atoms with Gasteiger partial charge in [0.15, 0.2) is 11.6 Å². The molecule has 2 rings (SSSR count). The van der Waals surface area contributed by atoms with Crippen molar-refractivity contribution < 1.29 is 18.7 Å². The zero-order valence-corrected chi connectivity index (χ0v) is 11.1. The number of halogens is 2. The quantitative estimate of drug-likeness (QED) is 0.923. The Hall–Kier alpha value is -2.02. The van der Waals surface area contributed by atoms with Crippen molar-refractivity contribution in [1.82, 2.24) is 4.57 Å². The molecule has 0 saturated carbocycles. The second kappa shape index (κ2) is 5.96. The summed E-state index contributed by atoms with van der Waals surface area (Å²) in [5.74, 6) is -2.88. The van der Waals surface area contributed by atoms with Crippen molar-refractivity contribution >= 4 is 17.3 Å². The molecule has 0 aliphatic rings. The molecular formula is C13H11F2NO3S. The van der Waals surface area contributed by atoms with Crippen molar-refractivity contribution in [3.63, 3.8) is 0 Å². The van der Waals surface area contributed by atoms with Crippen LogP contribution in [0, 0.1) is 11.6 Å². The Balaban J connectivity index is 2.30. The van der Waals surface area contributed by atoms with Gasteiger partial charge >= 0.3 is 10.8 Å². The van der Waals surface area contributed by atoms with Crippen LogP contribution in [0.4, 0.5) is 8.78 Å². The van der Waals surface area contributed by atoms with Crippen molar-refractivity contribution in [3.05, 3.63) is 44.9 Å². The highest BCUT2D eigenvalue weighted by Gasteiger charge is 2.11. The normalized spacial score (nSPS) is 10.7. The summed E-state index contributed by atoms with van der Waals surface area (Å²) in [6.07, 6.45) is 0.238. The molecule has 106 valence electrons. The summed E-state index contributed by atoms with van der Waals surface area (Å²) in [6, 6.07) is 3.40. The number of carboxylic acids is 1. The molecule has 0 unspecified atom stereocenters. The number of thiazole rings is 1. The topological polar surface area (TPSA) is 59.3 Å². The van der Waals surface area contributed by atoms with Crippen LogP contribution in [0.2, 0.25) is 0 Å². The van der Waals surface area contributed by atoms with Crippen LogP contribution in [0.3, 0.4) is 0 Å². The number of aliphatic carboxylic acids is 1. The molecule has 20 heavy (non-hydrogen) atoms. The zero-order valence-electron chi connectivity index (χ0n) is 10.3. The molecule has 1 N–H and O–H groups in total. The summed E-state index contributed by atoms with van der Waals surface area (Å²) in [5, 5.41) is 10.1. The minimum atomic E-state index is -0.988. The first-order valence-electron chi connectivity index (χ1n) is 5.84.